The summed E-state index contributed by atoms with van der Waals surface area (Å²) in [5.74, 6) is -5.34. The Morgan fingerprint density at radius 1 is 0.585 bits per heavy atom. The second-order valence-corrected chi connectivity index (χ2v) is 12.7. The minimum Gasteiger partial charge on any atom is -0.550 e. The molecule has 3 atom stereocenters. The van der Waals surface area contributed by atoms with Crippen molar-refractivity contribution in [3.8, 4) is 0 Å². The average Bonchev–Trinajstić information content (AvgIpc) is 2.91. The lowest BCUT2D eigenvalue weighted by atomic mass is 10.0. The fraction of sp³-hybridized carbons (Fsp3) is 0.853. The maximum atomic E-state index is 11.6. The Hall–Kier alpha value is -1.89. The number of carbonyl (C=O) groups excluding carboxylic acids is 1. The van der Waals surface area contributed by atoms with E-state index in [1.54, 1.807) is 20.8 Å². The van der Waals surface area contributed by atoms with E-state index in [0.717, 1.165) is 12.8 Å². The Balaban J connectivity index is 4.31. The van der Waals surface area contributed by atoms with Crippen molar-refractivity contribution in [2.75, 3.05) is 26.2 Å². The first-order valence-electron chi connectivity index (χ1n) is 16.7. The van der Waals surface area contributed by atoms with E-state index in [2.05, 4.69) is 19.1 Å². The molecular weight excluding hydrogens is 518 g/mol. The van der Waals surface area contributed by atoms with Crippen molar-refractivity contribution in [2.45, 2.75) is 143 Å². The Labute approximate surface area is 251 Å². The van der Waals surface area contributed by atoms with E-state index < -0.39 is 35.7 Å². The Kier molecular flexibility index (Phi) is 23.5. The molecular formula is C34H63NO6. The third-order valence-corrected chi connectivity index (χ3v) is 8.39. The number of hydrogen-bond donors (Lipinski definition) is 2. The molecule has 2 N–H and O–H groups in total. The molecule has 0 bridgehead atoms. The predicted molar refractivity (Wildman–Crippen MR) is 165 cm³/mol. The van der Waals surface area contributed by atoms with E-state index in [9.17, 15) is 29.7 Å². The van der Waals surface area contributed by atoms with Gasteiger partial charge in [0.05, 0.1) is 26.2 Å². The zero-order valence-corrected chi connectivity index (χ0v) is 26.9. The van der Waals surface area contributed by atoms with Gasteiger partial charge in [0.25, 0.3) is 0 Å². The second kappa shape index (κ2) is 24.7. The minimum absolute atomic E-state index is 0.138. The van der Waals surface area contributed by atoms with Crippen LogP contribution < -0.4 is 5.11 Å². The van der Waals surface area contributed by atoms with Gasteiger partial charge in [-0.25, -0.2) is 0 Å². The molecule has 7 nitrogen and oxygen atoms in total. The molecule has 0 rings (SSSR count). The maximum Gasteiger partial charge on any atom is 0.311 e. The number of carboxylic acids is 3. The molecule has 0 aliphatic carbocycles. The van der Waals surface area contributed by atoms with E-state index in [4.69, 9.17) is 0 Å². The lowest BCUT2D eigenvalue weighted by Crippen LogP contribution is -2.58. The van der Waals surface area contributed by atoms with Gasteiger partial charge in [-0.1, -0.05) is 122 Å². The largest absolute Gasteiger partial charge is 0.550 e. The highest BCUT2D eigenvalue weighted by molar-refractivity contribution is 5.70. The minimum atomic E-state index is -1.20. The summed E-state index contributed by atoms with van der Waals surface area (Å²) in [5, 5.41) is 30.5. The summed E-state index contributed by atoms with van der Waals surface area (Å²) in [5.41, 5.74) is 0. The van der Waals surface area contributed by atoms with Crippen molar-refractivity contribution in [3.63, 3.8) is 0 Å². The van der Waals surface area contributed by atoms with Gasteiger partial charge in [0.15, 0.2) is 0 Å². The number of hydrogen-bond acceptors (Lipinski definition) is 4. The standard InChI is InChI=1S/C34H63NO6/c1-5-6-7-8-9-10-11-12-13-14-15-16-17-18-19-20-21-22-23-24-25-35(26-29(2)32(36)37,27-30(3)33(38)39)28-31(4)34(40)41/h22-23,29-31H,5-21,24-28H2,1-4H3,(H2-,36,37,38,39,40,41)/b23-22+. The molecule has 0 saturated heterocycles. The summed E-state index contributed by atoms with van der Waals surface area (Å²) >= 11 is 0. The molecule has 0 fully saturated rings. The first kappa shape index (κ1) is 39.1. The lowest BCUT2D eigenvalue weighted by molar-refractivity contribution is -0.934. The molecule has 0 radical (unpaired) electrons. The highest BCUT2D eigenvalue weighted by atomic mass is 16.4. The summed E-state index contributed by atoms with van der Waals surface area (Å²) in [7, 11) is 0. The van der Waals surface area contributed by atoms with E-state index in [-0.39, 0.29) is 24.1 Å². The second-order valence-electron chi connectivity index (χ2n) is 12.7. The lowest BCUT2D eigenvalue weighted by Gasteiger charge is -2.42. The molecule has 0 aromatic heterocycles. The fourth-order valence-corrected chi connectivity index (χ4v) is 5.87. The number of carbonyl (C=O) groups is 3. The number of aliphatic carboxylic acids is 3. The zero-order valence-electron chi connectivity index (χ0n) is 26.9. The van der Waals surface area contributed by atoms with Gasteiger partial charge in [-0.05, 0) is 26.7 Å². The molecule has 0 aliphatic rings. The number of rotatable bonds is 29. The third-order valence-electron chi connectivity index (χ3n) is 8.39. The van der Waals surface area contributed by atoms with Crippen LogP contribution in [0.4, 0.5) is 0 Å². The quantitative estimate of drug-likeness (QED) is 0.0547. The molecule has 0 spiro atoms. The summed E-state index contributed by atoms with van der Waals surface area (Å²) in [6.45, 7) is 8.05. The van der Waals surface area contributed by atoms with Crippen molar-refractivity contribution in [2.24, 2.45) is 17.8 Å². The number of carboxylic acid groups (broad SMARTS) is 3. The molecule has 240 valence electrons. The van der Waals surface area contributed by atoms with Gasteiger partial charge in [0.1, 0.15) is 11.8 Å². The van der Waals surface area contributed by atoms with Crippen LogP contribution in [-0.2, 0) is 14.4 Å². The zero-order chi connectivity index (χ0) is 30.9. The summed E-state index contributed by atoms with van der Waals surface area (Å²) in [6, 6.07) is 0. The van der Waals surface area contributed by atoms with E-state index >= 15 is 0 Å². The van der Waals surface area contributed by atoms with E-state index in [0.29, 0.717) is 13.0 Å². The molecule has 3 unspecified atom stereocenters. The molecule has 0 amide bonds. The van der Waals surface area contributed by atoms with Crippen LogP contribution in [0.3, 0.4) is 0 Å². The van der Waals surface area contributed by atoms with Gasteiger partial charge in [-0.3, -0.25) is 9.59 Å². The van der Waals surface area contributed by atoms with Gasteiger partial charge in [-0.2, -0.15) is 0 Å². The third kappa shape index (κ3) is 21.5. The van der Waals surface area contributed by atoms with E-state index in [1.807, 2.05) is 0 Å². The van der Waals surface area contributed by atoms with Gasteiger partial charge in [-0.15, -0.1) is 0 Å². The fourth-order valence-electron chi connectivity index (χ4n) is 5.87. The number of quaternary nitrogens is 1. The molecule has 41 heavy (non-hydrogen) atoms. The Morgan fingerprint density at radius 3 is 1.29 bits per heavy atom. The monoisotopic (exact) mass is 581 g/mol. The first-order chi connectivity index (χ1) is 19.5. The van der Waals surface area contributed by atoms with Gasteiger partial charge in [0, 0.05) is 18.3 Å². The molecule has 0 saturated carbocycles. The number of allylic oxidation sites excluding steroid dienone is 1. The first-order valence-corrected chi connectivity index (χ1v) is 16.7. The molecule has 0 aromatic rings. The maximum absolute atomic E-state index is 11.6. The van der Waals surface area contributed by atoms with Crippen molar-refractivity contribution >= 4 is 17.9 Å². The van der Waals surface area contributed by atoms with Gasteiger partial charge >= 0.3 is 11.9 Å². The topological polar surface area (TPSA) is 115 Å². The molecule has 0 aromatic carbocycles. The molecule has 0 heterocycles. The Bertz CT molecular complexity index is 667. The SMILES string of the molecule is CCCCCCCCCCCCCCCCCC/C=C/CC[N+](CC(C)C(=O)[O-])(CC(C)C(=O)O)CC(C)C(=O)O. The van der Waals surface area contributed by atoms with Gasteiger partial charge in [0.2, 0.25) is 0 Å². The van der Waals surface area contributed by atoms with Crippen LogP contribution in [0.5, 0.6) is 0 Å². The summed E-state index contributed by atoms with van der Waals surface area (Å²) in [4.78, 5) is 34.7. The van der Waals surface area contributed by atoms with Crippen molar-refractivity contribution in [3.05, 3.63) is 12.2 Å². The summed E-state index contributed by atoms with van der Waals surface area (Å²) < 4.78 is 0.138. The smallest absolute Gasteiger partial charge is 0.311 e. The van der Waals surface area contributed by atoms with Crippen LogP contribution in [0.1, 0.15) is 143 Å². The van der Waals surface area contributed by atoms with Gasteiger partial charge < -0.3 is 24.6 Å². The van der Waals surface area contributed by atoms with Crippen molar-refractivity contribution in [1.29, 1.82) is 0 Å². The molecule has 7 heteroatoms. The highest BCUT2D eigenvalue weighted by Crippen LogP contribution is 2.21. The van der Waals surface area contributed by atoms with Crippen molar-refractivity contribution in [1.82, 2.24) is 0 Å². The van der Waals surface area contributed by atoms with Crippen LogP contribution in [0.25, 0.3) is 0 Å². The average molecular weight is 582 g/mol. The molecule has 0 aliphatic heterocycles. The summed E-state index contributed by atoms with van der Waals surface area (Å²) in [6.07, 6.45) is 27.4. The van der Waals surface area contributed by atoms with Crippen LogP contribution in [0.2, 0.25) is 0 Å². The Morgan fingerprint density at radius 2 is 0.927 bits per heavy atom. The number of unbranched alkanes of at least 4 members (excludes halogenated alkanes) is 16. The van der Waals surface area contributed by atoms with E-state index in [1.165, 1.54) is 96.3 Å². The van der Waals surface area contributed by atoms with Crippen molar-refractivity contribution < 1.29 is 34.2 Å². The predicted octanol–water partition coefficient (Wildman–Crippen LogP) is 7.23. The van der Waals surface area contributed by atoms with Crippen LogP contribution in [0.15, 0.2) is 12.2 Å². The number of nitrogens with zero attached hydrogens (tertiary/aromatic N) is 1. The normalized spacial score (nSPS) is 15.4. The van der Waals surface area contributed by atoms with Crippen LogP contribution in [0, 0.1) is 17.8 Å². The van der Waals surface area contributed by atoms with Crippen LogP contribution in [-0.4, -0.2) is 58.8 Å². The van der Waals surface area contributed by atoms with Crippen LogP contribution >= 0.6 is 0 Å². The highest BCUT2D eigenvalue weighted by Gasteiger charge is 2.36.